The first-order valence-corrected chi connectivity index (χ1v) is 10.2. The topological polar surface area (TPSA) is 67.9 Å². The number of hydrogen-bond acceptors (Lipinski definition) is 4. The summed E-state index contributed by atoms with van der Waals surface area (Å²) in [5, 5.41) is 9.20. The molecule has 0 atom stereocenters. The number of rotatable bonds is 6. The van der Waals surface area contributed by atoms with Crippen LogP contribution in [0.5, 0.6) is 0 Å². The highest BCUT2D eigenvalue weighted by Crippen LogP contribution is 2.50. The van der Waals surface area contributed by atoms with Crippen LogP contribution in [-0.2, 0) is 17.7 Å². The van der Waals surface area contributed by atoms with Gasteiger partial charge in [-0.15, -0.1) is 0 Å². The third-order valence-corrected chi connectivity index (χ3v) is 6.05. The summed E-state index contributed by atoms with van der Waals surface area (Å²) in [6, 6.07) is 9.65. The third-order valence-electron chi connectivity index (χ3n) is 5.59. The van der Waals surface area contributed by atoms with Crippen LogP contribution in [0.2, 0.25) is 0 Å². The molecule has 0 saturated heterocycles. The maximum absolute atomic E-state index is 14.5. The van der Waals surface area contributed by atoms with Gasteiger partial charge in [0.25, 0.3) is 0 Å². The van der Waals surface area contributed by atoms with Gasteiger partial charge in [0.15, 0.2) is 0 Å². The number of hydrogen-bond donors (Lipinski definition) is 0. The van der Waals surface area contributed by atoms with E-state index in [-0.39, 0.29) is 17.4 Å². The van der Waals surface area contributed by atoms with Crippen molar-refractivity contribution in [2.45, 2.75) is 32.2 Å². The maximum atomic E-state index is 14.5. The van der Waals surface area contributed by atoms with Crippen LogP contribution in [0.3, 0.4) is 0 Å². The highest BCUT2D eigenvalue weighted by molar-refractivity contribution is 9.10. The predicted octanol–water partition coefficient (Wildman–Crippen LogP) is 5.15. The SMILES string of the molecule is COC(=O)c1ccc2nc(Cc3c(F)cc(Br)cc3F)n(CC3(CC#N)CC3)c2c1. The molecule has 8 heteroatoms. The Morgan fingerprint density at radius 2 is 2.00 bits per heavy atom. The molecule has 154 valence electrons. The number of imidazole rings is 1. The molecule has 1 aromatic heterocycles. The monoisotopic (exact) mass is 473 g/mol. The molecule has 4 rings (SSSR count). The molecule has 0 aliphatic heterocycles. The summed E-state index contributed by atoms with van der Waals surface area (Å²) in [5.74, 6) is -1.31. The van der Waals surface area contributed by atoms with Crippen molar-refractivity contribution in [1.82, 2.24) is 9.55 Å². The van der Waals surface area contributed by atoms with Crippen molar-refractivity contribution >= 4 is 32.9 Å². The first-order chi connectivity index (χ1) is 14.4. The van der Waals surface area contributed by atoms with E-state index in [1.807, 2.05) is 4.57 Å². The Bertz CT molecular complexity index is 1170. The van der Waals surface area contributed by atoms with Crippen LogP contribution < -0.4 is 0 Å². The fraction of sp³-hybridized carbons (Fsp3) is 0.318. The lowest BCUT2D eigenvalue weighted by molar-refractivity contribution is 0.0601. The maximum Gasteiger partial charge on any atom is 0.337 e. The number of fused-ring (bicyclic) bond motifs is 1. The van der Waals surface area contributed by atoms with E-state index < -0.39 is 17.6 Å². The number of methoxy groups -OCH3 is 1. The van der Waals surface area contributed by atoms with Gasteiger partial charge in [-0.3, -0.25) is 0 Å². The number of nitriles is 1. The zero-order valence-electron chi connectivity index (χ0n) is 16.2. The van der Waals surface area contributed by atoms with Crippen molar-refractivity contribution in [2.24, 2.45) is 5.41 Å². The minimum atomic E-state index is -0.658. The molecule has 0 amide bonds. The Morgan fingerprint density at radius 1 is 1.30 bits per heavy atom. The number of nitrogens with zero attached hydrogens (tertiary/aromatic N) is 3. The number of carbonyl (C=O) groups excluding carboxylic acids is 1. The van der Waals surface area contributed by atoms with E-state index in [1.54, 1.807) is 18.2 Å². The van der Waals surface area contributed by atoms with Gasteiger partial charge < -0.3 is 9.30 Å². The molecule has 1 saturated carbocycles. The van der Waals surface area contributed by atoms with Gasteiger partial charge in [-0.05, 0) is 43.2 Å². The summed E-state index contributed by atoms with van der Waals surface area (Å²) in [6.07, 6.45) is 2.15. The molecule has 0 spiro atoms. The Hall–Kier alpha value is -2.79. The lowest BCUT2D eigenvalue weighted by Crippen LogP contribution is -2.15. The number of carbonyl (C=O) groups is 1. The first kappa shape index (κ1) is 20.5. The number of esters is 1. The number of aromatic nitrogens is 2. The molecular weight excluding hydrogens is 456 g/mol. The Labute approximate surface area is 180 Å². The minimum absolute atomic E-state index is 0.0458. The van der Waals surface area contributed by atoms with E-state index in [9.17, 15) is 18.8 Å². The van der Waals surface area contributed by atoms with Crippen molar-refractivity contribution in [3.05, 3.63) is 63.4 Å². The molecule has 0 radical (unpaired) electrons. The van der Waals surface area contributed by atoms with Gasteiger partial charge in [-0.25, -0.2) is 18.6 Å². The van der Waals surface area contributed by atoms with Gasteiger partial charge in [0.1, 0.15) is 17.5 Å². The standard InChI is InChI=1S/C22H18BrF2N3O2/c1-30-21(29)13-2-3-18-19(8-13)28(12-22(4-5-22)6-7-26)20(27-18)11-15-16(24)9-14(23)10-17(15)25/h2-3,8-10H,4-6,11-12H2,1H3. The van der Waals surface area contributed by atoms with Crippen LogP contribution in [-0.4, -0.2) is 22.6 Å². The fourth-order valence-corrected chi connectivity index (χ4v) is 4.10. The quantitative estimate of drug-likeness (QED) is 0.464. The zero-order valence-corrected chi connectivity index (χ0v) is 17.8. The van der Waals surface area contributed by atoms with Crippen LogP contribution in [0.1, 0.15) is 41.0 Å². The van der Waals surface area contributed by atoms with Crippen molar-refractivity contribution in [3.8, 4) is 6.07 Å². The zero-order chi connectivity index (χ0) is 21.5. The number of benzene rings is 2. The highest BCUT2D eigenvalue weighted by atomic mass is 79.9. The van der Waals surface area contributed by atoms with E-state index in [0.717, 1.165) is 12.8 Å². The first-order valence-electron chi connectivity index (χ1n) is 9.44. The van der Waals surface area contributed by atoms with Crippen LogP contribution in [0.15, 0.2) is 34.8 Å². The van der Waals surface area contributed by atoms with E-state index >= 15 is 0 Å². The second kappa shape index (κ2) is 7.80. The van der Waals surface area contributed by atoms with Gasteiger partial charge in [0.2, 0.25) is 0 Å². The molecule has 1 aliphatic rings. The average Bonchev–Trinajstić information content (AvgIpc) is 3.38. The van der Waals surface area contributed by atoms with Gasteiger partial charge >= 0.3 is 5.97 Å². The highest BCUT2D eigenvalue weighted by Gasteiger charge is 2.43. The van der Waals surface area contributed by atoms with Gasteiger partial charge in [-0.1, -0.05) is 15.9 Å². The molecule has 0 unspecified atom stereocenters. The molecule has 0 N–H and O–H groups in total. The summed E-state index contributed by atoms with van der Waals surface area (Å²) < 4.78 is 35.9. The molecule has 1 aliphatic carbocycles. The Kier molecular flexibility index (Phi) is 5.33. The smallest absolute Gasteiger partial charge is 0.337 e. The molecular formula is C22H18BrF2N3O2. The van der Waals surface area contributed by atoms with Gasteiger partial charge in [-0.2, -0.15) is 5.26 Å². The summed E-state index contributed by atoms with van der Waals surface area (Å²) in [6.45, 7) is 0.497. The molecule has 1 fully saturated rings. The van der Waals surface area contributed by atoms with E-state index in [1.165, 1.54) is 19.2 Å². The predicted molar refractivity (Wildman–Crippen MR) is 110 cm³/mol. The molecule has 30 heavy (non-hydrogen) atoms. The number of halogens is 3. The second-order valence-electron chi connectivity index (χ2n) is 7.67. The van der Waals surface area contributed by atoms with Gasteiger partial charge in [0, 0.05) is 34.8 Å². The van der Waals surface area contributed by atoms with Crippen molar-refractivity contribution in [1.29, 1.82) is 5.26 Å². The number of ether oxygens (including phenoxy) is 1. The summed E-state index contributed by atoms with van der Waals surface area (Å²) >= 11 is 3.09. The third kappa shape index (κ3) is 3.82. The second-order valence-corrected chi connectivity index (χ2v) is 8.58. The van der Waals surface area contributed by atoms with Crippen LogP contribution >= 0.6 is 15.9 Å². The summed E-state index contributed by atoms with van der Waals surface area (Å²) in [5.41, 5.74) is 1.41. The molecule has 1 heterocycles. The van der Waals surface area contributed by atoms with Gasteiger partial charge in [0.05, 0.1) is 29.8 Å². The largest absolute Gasteiger partial charge is 0.465 e. The van der Waals surface area contributed by atoms with E-state index in [2.05, 4.69) is 27.0 Å². The van der Waals surface area contributed by atoms with Crippen LogP contribution in [0, 0.1) is 28.4 Å². The van der Waals surface area contributed by atoms with E-state index in [0.29, 0.717) is 39.9 Å². The van der Waals surface area contributed by atoms with Crippen LogP contribution in [0.25, 0.3) is 11.0 Å². The molecule has 3 aromatic rings. The van der Waals surface area contributed by atoms with Crippen molar-refractivity contribution in [2.75, 3.05) is 7.11 Å². The summed E-state index contributed by atoms with van der Waals surface area (Å²) in [7, 11) is 1.31. The van der Waals surface area contributed by atoms with E-state index in [4.69, 9.17) is 4.74 Å². The van der Waals surface area contributed by atoms with Crippen molar-refractivity contribution in [3.63, 3.8) is 0 Å². The van der Waals surface area contributed by atoms with Crippen molar-refractivity contribution < 1.29 is 18.3 Å². The molecule has 0 bridgehead atoms. The minimum Gasteiger partial charge on any atom is -0.465 e. The Balaban J connectivity index is 1.83. The fourth-order valence-electron chi connectivity index (χ4n) is 3.70. The average molecular weight is 474 g/mol. The van der Waals surface area contributed by atoms with Crippen LogP contribution in [0.4, 0.5) is 8.78 Å². The Morgan fingerprint density at radius 3 is 2.60 bits per heavy atom. The molecule has 5 nitrogen and oxygen atoms in total. The normalized spacial score (nSPS) is 14.5. The lowest BCUT2D eigenvalue weighted by atomic mass is 10.0. The summed E-state index contributed by atoms with van der Waals surface area (Å²) in [4.78, 5) is 16.6. The lowest BCUT2D eigenvalue weighted by Gasteiger charge is -2.16. The molecule has 2 aromatic carbocycles.